The van der Waals surface area contributed by atoms with Gasteiger partial charge in [-0.25, -0.2) is 0 Å². The molecule has 0 aromatic carbocycles. The summed E-state index contributed by atoms with van der Waals surface area (Å²) in [4.78, 5) is 12.8. The van der Waals surface area contributed by atoms with E-state index in [1.165, 1.54) is 11.3 Å². The number of amides is 1. The van der Waals surface area contributed by atoms with Crippen molar-refractivity contribution in [3.05, 3.63) is 22.4 Å². The maximum atomic E-state index is 11.9. The summed E-state index contributed by atoms with van der Waals surface area (Å²) in [6.45, 7) is 0. The third kappa shape index (κ3) is 3.06. The second-order valence-electron chi connectivity index (χ2n) is 4.46. The van der Waals surface area contributed by atoms with Crippen LogP contribution in [0.1, 0.15) is 36.6 Å². The van der Waals surface area contributed by atoms with Crippen LogP contribution in [0.15, 0.2) is 17.5 Å². The summed E-state index contributed by atoms with van der Waals surface area (Å²) in [6.07, 6.45) is 3.26. The standard InChI is InChI=1S/C12H18N2O2S/c13-11(10-6-3-7-17-10)12(16)14-8-4-1-2-5-9(8)15/h3,6-9,11,15H,1-2,4-5,13H2,(H,14,16)/t8-,9-,11?/m1/s1. The second kappa shape index (κ2) is 5.62. The van der Waals surface area contributed by atoms with Crippen LogP contribution in [-0.4, -0.2) is 23.2 Å². The Bertz CT molecular complexity index is 367. The molecule has 1 saturated carbocycles. The SMILES string of the molecule is NC(C(=O)N[C@@H]1CCCC[C@H]1O)c1cccs1. The third-order valence-corrected chi connectivity index (χ3v) is 4.14. The molecule has 94 valence electrons. The minimum Gasteiger partial charge on any atom is -0.391 e. The van der Waals surface area contributed by atoms with Gasteiger partial charge in [-0.15, -0.1) is 11.3 Å². The fourth-order valence-corrected chi connectivity index (χ4v) is 2.87. The zero-order chi connectivity index (χ0) is 12.3. The monoisotopic (exact) mass is 254 g/mol. The van der Waals surface area contributed by atoms with E-state index < -0.39 is 12.1 Å². The number of hydrogen-bond donors (Lipinski definition) is 3. The van der Waals surface area contributed by atoms with Crippen molar-refractivity contribution in [3.8, 4) is 0 Å². The summed E-state index contributed by atoms with van der Waals surface area (Å²) in [6, 6.07) is 2.97. The number of hydrogen-bond acceptors (Lipinski definition) is 4. The zero-order valence-corrected chi connectivity index (χ0v) is 10.5. The van der Waals surface area contributed by atoms with Gasteiger partial charge in [0.25, 0.3) is 0 Å². The quantitative estimate of drug-likeness (QED) is 0.758. The van der Waals surface area contributed by atoms with Crippen LogP contribution < -0.4 is 11.1 Å². The lowest BCUT2D eigenvalue weighted by atomic mass is 9.92. The summed E-state index contributed by atoms with van der Waals surface area (Å²) in [7, 11) is 0. The lowest BCUT2D eigenvalue weighted by molar-refractivity contribution is -0.124. The van der Waals surface area contributed by atoms with Crippen LogP contribution in [0, 0.1) is 0 Å². The van der Waals surface area contributed by atoms with Crippen LogP contribution in [0.25, 0.3) is 0 Å². The molecule has 1 aromatic heterocycles. The van der Waals surface area contributed by atoms with Gasteiger partial charge >= 0.3 is 0 Å². The lowest BCUT2D eigenvalue weighted by Gasteiger charge is -2.29. The van der Waals surface area contributed by atoms with Gasteiger partial charge in [0.1, 0.15) is 6.04 Å². The first-order valence-corrected chi connectivity index (χ1v) is 6.84. The van der Waals surface area contributed by atoms with Crippen molar-refractivity contribution in [1.82, 2.24) is 5.32 Å². The van der Waals surface area contributed by atoms with E-state index in [9.17, 15) is 9.90 Å². The highest BCUT2D eigenvalue weighted by atomic mass is 32.1. The molecule has 1 aromatic rings. The van der Waals surface area contributed by atoms with Crippen molar-refractivity contribution in [2.24, 2.45) is 5.73 Å². The summed E-state index contributed by atoms with van der Waals surface area (Å²) in [5, 5.41) is 14.5. The predicted molar refractivity (Wildman–Crippen MR) is 67.7 cm³/mol. The summed E-state index contributed by atoms with van der Waals surface area (Å²) >= 11 is 1.47. The molecule has 1 aliphatic rings. The molecule has 1 amide bonds. The lowest BCUT2D eigenvalue weighted by Crippen LogP contribution is -2.47. The highest BCUT2D eigenvalue weighted by Crippen LogP contribution is 2.21. The minimum atomic E-state index is -0.621. The smallest absolute Gasteiger partial charge is 0.242 e. The van der Waals surface area contributed by atoms with E-state index in [1.54, 1.807) is 0 Å². The number of nitrogens with one attached hydrogen (secondary N) is 1. The molecule has 0 aliphatic heterocycles. The van der Waals surface area contributed by atoms with Crippen molar-refractivity contribution in [3.63, 3.8) is 0 Å². The molecule has 4 N–H and O–H groups in total. The minimum absolute atomic E-state index is 0.137. The third-order valence-electron chi connectivity index (χ3n) is 3.19. The molecule has 1 aliphatic carbocycles. The normalized spacial score (nSPS) is 26.5. The Morgan fingerprint density at radius 3 is 2.94 bits per heavy atom. The molecular formula is C12H18N2O2S. The Morgan fingerprint density at radius 1 is 1.53 bits per heavy atom. The van der Waals surface area contributed by atoms with Crippen LogP contribution in [0.3, 0.4) is 0 Å². The second-order valence-corrected chi connectivity index (χ2v) is 5.44. The number of aliphatic hydroxyl groups excluding tert-OH is 1. The van der Waals surface area contributed by atoms with Gasteiger partial charge < -0.3 is 16.2 Å². The molecular weight excluding hydrogens is 236 g/mol. The zero-order valence-electron chi connectivity index (χ0n) is 9.63. The van der Waals surface area contributed by atoms with Crippen molar-refractivity contribution in [2.75, 3.05) is 0 Å². The molecule has 0 saturated heterocycles. The molecule has 0 spiro atoms. The molecule has 0 radical (unpaired) electrons. The van der Waals surface area contributed by atoms with Crippen LogP contribution >= 0.6 is 11.3 Å². The van der Waals surface area contributed by atoms with E-state index in [-0.39, 0.29) is 11.9 Å². The molecule has 17 heavy (non-hydrogen) atoms. The molecule has 1 fully saturated rings. The first-order chi connectivity index (χ1) is 8.18. The van der Waals surface area contributed by atoms with Gasteiger partial charge in [-0.2, -0.15) is 0 Å². The van der Waals surface area contributed by atoms with Gasteiger partial charge in [0, 0.05) is 4.88 Å². The largest absolute Gasteiger partial charge is 0.391 e. The molecule has 0 bridgehead atoms. The maximum absolute atomic E-state index is 11.9. The fourth-order valence-electron chi connectivity index (χ4n) is 2.15. The van der Waals surface area contributed by atoms with Crippen molar-refractivity contribution in [1.29, 1.82) is 0 Å². The van der Waals surface area contributed by atoms with Crippen molar-refractivity contribution >= 4 is 17.2 Å². The highest BCUT2D eigenvalue weighted by molar-refractivity contribution is 7.10. The maximum Gasteiger partial charge on any atom is 0.242 e. The van der Waals surface area contributed by atoms with Gasteiger partial charge in [0.2, 0.25) is 5.91 Å². The van der Waals surface area contributed by atoms with E-state index in [0.29, 0.717) is 0 Å². The molecule has 1 heterocycles. The summed E-state index contributed by atoms with van der Waals surface area (Å²) < 4.78 is 0. The van der Waals surface area contributed by atoms with Gasteiger partial charge in [-0.1, -0.05) is 18.9 Å². The molecule has 1 unspecified atom stereocenters. The topological polar surface area (TPSA) is 75.4 Å². The number of carbonyl (C=O) groups is 1. The van der Waals surface area contributed by atoms with Crippen molar-refractivity contribution in [2.45, 2.75) is 43.9 Å². The van der Waals surface area contributed by atoms with E-state index in [4.69, 9.17) is 5.73 Å². The Morgan fingerprint density at radius 2 is 2.29 bits per heavy atom. The Hall–Kier alpha value is -0.910. The number of rotatable bonds is 3. The number of aliphatic hydroxyl groups is 1. The van der Waals surface area contributed by atoms with Crippen molar-refractivity contribution < 1.29 is 9.90 Å². The van der Waals surface area contributed by atoms with Crippen LogP contribution in [0.4, 0.5) is 0 Å². The fraction of sp³-hybridized carbons (Fsp3) is 0.583. The first kappa shape index (κ1) is 12.5. The highest BCUT2D eigenvalue weighted by Gasteiger charge is 2.27. The number of thiophene rings is 1. The number of nitrogens with two attached hydrogens (primary N) is 1. The van der Waals surface area contributed by atoms with Crippen LogP contribution in [-0.2, 0) is 4.79 Å². The van der Waals surface area contributed by atoms with Gasteiger partial charge in [0.05, 0.1) is 12.1 Å². The summed E-state index contributed by atoms with van der Waals surface area (Å²) in [5.74, 6) is -0.196. The van der Waals surface area contributed by atoms with Crippen LogP contribution in [0.2, 0.25) is 0 Å². The number of carbonyl (C=O) groups excluding carboxylic acids is 1. The van der Waals surface area contributed by atoms with Gasteiger partial charge in [-0.3, -0.25) is 4.79 Å². The van der Waals surface area contributed by atoms with E-state index >= 15 is 0 Å². The summed E-state index contributed by atoms with van der Waals surface area (Å²) in [5.41, 5.74) is 5.86. The van der Waals surface area contributed by atoms with E-state index in [0.717, 1.165) is 30.6 Å². The van der Waals surface area contributed by atoms with Crippen LogP contribution in [0.5, 0.6) is 0 Å². The molecule has 2 rings (SSSR count). The Kier molecular flexibility index (Phi) is 4.15. The molecule has 3 atom stereocenters. The van der Waals surface area contributed by atoms with E-state index in [1.807, 2.05) is 17.5 Å². The average Bonchev–Trinajstić information content (AvgIpc) is 2.84. The molecule has 4 nitrogen and oxygen atoms in total. The molecule has 5 heteroatoms. The van der Waals surface area contributed by atoms with Gasteiger partial charge in [-0.05, 0) is 24.3 Å². The van der Waals surface area contributed by atoms with E-state index in [2.05, 4.69) is 5.32 Å². The Balaban J connectivity index is 1.92. The Labute approximate surface area is 105 Å². The van der Waals surface area contributed by atoms with Gasteiger partial charge in [0.15, 0.2) is 0 Å². The predicted octanol–water partition coefficient (Wildman–Crippen LogP) is 1.17. The average molecular weight is 254 g/mol. The first-order valence-electron chi connectivity index (χ1n) is 5.96.